The van der Waals surface area contributed by atoms with Gasteiger partial charge in [-0.15, -0.1) is 0 Å². The van der Waals surface area contributed by atoms with Crippen molar-refractivity contribution in [2.75, 3.05) is 6.54 Å². The van der Waals surface area contributed by atoms with Gasteiger partial charge < -0.3 is 10.0 Å². The highest BCUT2D eigenvalue weighted by molar-refractivity contribution is 5.80. The zero-order chi connectivity index (χ0) is 10.0. The van der Waals surface area contributed by atoms with Crippen LogP contribution in [0.4, 0.5) is 0 Å². The van der Waals surface area contributed by atoms with Crippen molar-refractivity contribution in [3.8, 4) is 0 Å². The third-order valence-corrected chi connectivity index (χ3v) is 2.72. The maximum Gasteiger partial charge on any atom is 0.228 e. The monoisotopic (exact) mass is 185 g/mol. The molecule has 2 atom stereocenters. The van der Waals surface area contributed by atoms with Gasteiger partial charge in [0.15, 0.2) is 0 Å². The number of amides is 1. The Morgan fingerprint density at radius 3 is 2.54 bits per heavy atom. The molecule has 0 aliphatic carbocycles. The number of carbonyl (C=O) groups is 1. The molecule has 1 N–H and O–H groups in total. The highest BCUT2D eigenvalue weighted by Crippen LogP contribution is 2.22. The van der Waals surface area contributed by atoms with Crippen molar-refractivity contribution in [2.45, 2.75) is 45.8 Å². The van der Waals surface area contributed by atoms with Crippen LogP contribution in [0.3, 0.4) is 0 Å². The van der Waals surface area contributed by atoms with Crippen LogP contribution < -0.4 is 0 Å². The van der Waals surface area contributed by atoms with Gasteiger partial charge >= 0.3 is 0 Å². The minimum Gasteiger partial charge on any atom is -0.393 e. The number of carbonyl (C=O) groups excluding carboxylic acids is 1. The molecule has 13 heavy (non-hydrogen) atoms. The van der Waals surface area contributed by atoms with Gasteiger partial charge in [0.05, 0.1) is 12.0 Å². The normalized spacial score (nSPS) is 26.7. The fourth-order valence-corrected chi connectivity index (χ4v) is 1.89. The fraction of sp³-hybridized carbons (Fsp3) is 0.900. The summed E-state index contributed by atoms with van der Waals surface area (Å²) in [7, 11) is 0. The Morgan fingerprint density at radius 1 is 1.46 bits per heavy atom. The van der Waals surface area contributed by atoms with Gasteiger partial charge in [-0.1, -0.05) is 0 Å². The molecular formula is C10H19NO2. The van der Waals surface area contributed by atoms with Crippen LogP contribution in [0.1, 0.15) is 33.6 Å². The first-order chi connectivity index (χ1) is 6.04. The standard InChI is InChI=1S/C10H19NO2/c1-7(2)11-6-4-5-9(8(3)12)10(11)13/h7-9,12H,4-6H2,1-3H3. The van der Waals surface area contributed by atoms with E-state index in [0.717, 1.165) is 19.4 Å². The largest absolute Gasteiger partial charge is 0.393 e. The number of hydrogen-bond acceptors (Lipinski definition) is 2. The van der Waals surface area contributed by atoms with Crippen molar-refractivity contribution in [1.29, 1.82) is 0 Å². The molecule has 0 aromatic carbocycles. The van der Waals surface area contributed by atoms with Gasteiger partial charge in [-0.3, -0.25) is 4.79 Å². The molecule has 3 nitrogen and oxygen atoms in total. The van der Waals surface area contributed by atoms with Crippen LogP contribution >= 0.6 is 0 Å². The number of likely N-dealkylation sites (tertiary alicyclic amines) is 1. The van der Waals surface area contributed by atoms with Crippen LogP contribution in [0, 0.1) is 5.92 Å². The zero-order valence-corrected chi connectivity index (χ0v) is 8.66. The molecule has 1 aliphatic rings. The van der Waals surface area contributed by atoms with E-state index < -0.39 is 6.10 Å². The van der Waals surface area contributed by atoms with E-state index in [0.29, 0.717) is 0 Å². The van der Waals surface area contributed by atoms with Crippen LogP contribution in [-0.2, 0) is 4.79 Å². The first-order valence-corrected chi connectivity index (χ1v) is 5.02. The minimum absolute atomic E-state index is 0.122. The summed E-state index contributed by atoms with van der Waals surface area (Å²) in [5.74, 6) is -0.0487. The average molecular weight is 185 g/mol. The lowest BCUT2D eigenvalue weighted by Crippen LogP contribution is -2.47. The van der Waals surface area contributed by atoms with Crippen molar-refractivity contribution in [2.24, 2.45) is 5.92 Å². The molecular weight excluding hydrogens is 166 g/mol. The average Bonchev–Trinajstić information content (AvgIpc) is 2.03. The molecule has 0 bridgehead atoms. The van der Waals surface area contributed by atoms with Crippen LogP contribution in [0.2, 0.25) is 0 Å². The Bertz CT molecular complexity index is 171. The second-order valence-electron chi connectivity index (χ2n) is 4.11. The molecule has 0 aromatic rings. The van der Waals surface area contributed by atoms with Crippen LogP contribution in [0.15, 0.2) is 0 Å². The van der Waals surface area contributed by atoms with E-state index in [1.165, 1.54) is 0 Å². The number of rotatable bonds is 2. The molecule has 0 spiro atoms. The predicted molar refractivity (Wildman–Crippen MR) is 51.3 cm³/mol. The fourth-order valence-electron chi connectivity index (χ4n) is 1.89. The van der Waals surface area contributed by atoms with Gasteiger partial charge in [0.1, 0.15) is 0 Å². The minimum atomic E-state index is -0.506. The molecule has 0 saturated carbocycles. The molecule has 76 valence electrons. The molecule has 3 heteroatoms. The van der Waals surface area contributed by atoms with E-state index in [2.05, 4.69) is 0 Å². The number of nitrogens with zero attached hydrogens (tertiary/aromatic N) is 1. The van der Waals surface area contributed by atoms with Crippen molar-refractivity contribution in [1.82, 2.24) is 4.90 Å². The summed E-state index contributed by atoms with van der Waals surface area (Å²) >= 11 is 0. The van der Waals surface area contributed by atoms with E-state index in [1.807, 2.05) is 18.7 Å². The molecule has 1 saturated heterocycles. The molecule has 1 rings (SSSR count). The van der Waals surface area contributed by atoms with E-state index in [1.54, 1.807) is 6.92 Å². The van der Waals surface area contributed by atoms with Gasteiger partial charge in [0.25, 0.3) is 0 Å². The summed E-state index contributed by atoms with van der Waals surface area (Å²) in [6, 6.07) is 0.258. The van der Waals surface area contributed by atoms with Gasteiger partial charge in [0.2, 0.25) is 5.91 Å². The van der Waals surface area contributed by atoms with Crippen LogP contribution in [0.5, 0.6) is 0 Å². The topological polar surface area (TPSA) is 40.5 Å². The molecule has 0 aromatic heterocycles. The summed E-state index contributed by atoms with van der Waals surface area (Å²) in [5.41, 5.74) is 0. The lowest BCUT2D eigenvalue weighted by atomic mass is 9.92. The molecule has 1 heterocycles. The van der Waals surface area contributed by atoms with Gasteiger partial charge in [-0.2, -0.15) is 0 Å². The number of hydrogen-bond donors (Lipinski definition) is 1. The summed E-state index contributed by atoms with van der Waals surface area (Å²) in [5, 5.41) is 9.40. The maximum absolute atomic E-state index is 11.8. The molecule has 1 aliphatic heterocycles. The summed E-state index contributed by atoms with van der Waals surface area (Å²) < 4.78 is 0. The Balaban J connectivity index is 2.66. The number of piperidine rings is 1. The van der Waals surface area contributed by atoms with Crippen LogP contribution in [0.25, 0.3) is 0 Å². The third-order valence-electron chi connectivity index (χ3n) is 2.72. The lowest BCUT2D eigenvalue weighted by molar-refractivity contribution is -0.144. The molecule has 2 unspecified atom stereocenters. The lowest BCUT2D eigenvalue weighted by Gasteiger charge is -2.36. The second-order valence-corrected chi connectivity index (χ2v) is 4.11. The zero-order valence-electron chi connectivity index (χ0n) is 8.66. The first kappa shape index (κ1) is 10.5. The van der Waals surface area contributed by atoms with Crippen molar-refractivity contribution < 1.29 is 9.90 Å². The number of aliphatic hydroxyl groups excluding tert-OH is 1. The SMILES string of the molecule is CC(O)C1CCCN(C(C)C)C1=O. The van der Waals surface area contributed by atoms with Gasteiger partial charge in [-0.25, -0.2) is 0 Å². The van der Waals surface area contributed by atoms with E-state index in [-0.39, 0.29) is 17.9 Å². The van der Waals surface area contributed by atoms with Gasteiger partial charge in [-0.05, 0) is 33.6 Å². The summed E-state index contributed by atoms with van der Waals surface area (Å²) in [4.78, 5) is 13.6. The maximum atomic E-state index is 11.8. The highest BCUT2D eigenvalue weighted by Gasteiger charge is 2.32. The van der Waals surface area contributed by atoms with Crippen molar-refractivity contribution >= 4 is 5.91 Å². The molecule has 1 amide bonds. The Labute approximate surface area is 79.7 Å². The van der Waals surface area contributed by atoms with E-state index >= 15 is 0 Å². The predicted octanol–water partition coefficient (Wildman–Crippen LogP) is 1.01. The second kappa shape index (κ2) is 4.09. The quantitative estimate of drug-likeness (QED) is 0.697. The van der Waals surface area contributed by atoms with Crippen molar-refractivity contribution in [3.63, 3.8) is 0 Å². The Hall–Kier alpha value is -0.570. The van der Waals surface area contributed by atoms with Gasteiger partial charge in [0, 0.05) is 12.6 Å². The smallest absolute Gasteiger partial charge is 0.228 e. The Morgan fingerprint density at radius 2 is 2.08 bits per heavy atom. The van der Waals surface area contributed by atoms with Crippen molar-refractivity contribution in [3.05, 3.63) is 0 Å². The summed E-state index contributed by atoms with van der Waals surface area (Å²) in [6.07, 6.45) is 1.34. The third kappa shape index (κ3) is 2.21. The molecule has 1 fully saturated rings. The van der Waals surface area contributed by atoms with E-state index in [4.69, 9.17) is 0 Å². The van der Waals surface area contributed by atoms with Crippen LogP contribution in [-0.4, -0.2) is 34.6 Å². The summed E-state index contributed by atoms with van der Waals surface area (Å²) in [6.45, 7) is 6.58. The number of aliphatic hydroxyl groups is 1. The highest BCUT2D eigenvalue weighted by atomic mass is 16.3. The van der Waals surface area contributed by atoms with E-state index in [9.17, 15) is 9.90 Å². The Kier molecular flexibility index (Phi) is 3.31. The molecule has 0 radical (unpaired) electrons. The first-order valence-electron chi connectivity index (χ1n) is 5.02.